The second kappa shape index (κ2) is 4.88. The van der Waals surface area contributed by atoms with E-state index in [9.17, 15) is 0 Å². The molecule has 2 heterocycles. The molecule has 1 aromatic carbocycles. The highest BCUT2D eigenvalue weighted by Crippen LogP contribution is 2.40. The van der Waals surface area contributed by atoms with Gasteiger partial charge < -0.3 is 4.57 Å². The van der Waals surface area contributed by atoms with Crippen LogP contribution in [0.5, 0.6) is 0 Å². The Hall–Kier alpha value is -2.36. The molecule has 4 heteroatoms. The summed E-state index contributed by atoms with van der Waals surface area (Å²) in [6, 6.07) is 10.7. The van der Waals surface area contributed by atoms with Crippen molar-refractivity contribution in [2.24, 2.45) is 0 Å². The van der Waals surface area contributed by atoms with Gasteiger partial charge in [-0.15, -0.1) is 0 Å². The smallest absolute Gasteiger partial charge is 0.112 e. The Morgan fingerprint density at radius 2 is 1.95 bits per heavy atom. The molecule has 1 aliphatic carbocycles. The predicted octanol–water partition coefficient (Wildman–Crippen LogP) is 3.56. The molecule has 0 aliphatic heterocycles. The Morgan fingerprint density at radius 3 is 2.71 bits per heavy atom. The van der Waals surface area contributed by atoms with E-state index < -0.39 is 0 Å². The summed E-state index contributed by atoms with van der Waals surface area (Å²) < 4.78 is 4.24. The summed E-state index contributed by atoms with van der Waals surface area (Å²) >= 11 is 0. The first kappa shape index (κ1) is 12.4. The maximum atomic E-state index is 4.56. The highest BCUT2D eigenvalue weighted by molar-refractivity contribution is 5.42. The Morgan fingerprint density at radius 1 is 1.10 bits per heavy atom. The van der Waals surface area contributed by atoms with E-state index in [0.29, 0.717) is 5.92 Å². The third kappa shape index (κ3) is 2.17. The molecule has 2 aromatic heterocycles. The van der Waals surface area contributed by atoms with Gasteiger partial charge in [-0.1, -0.05) is 18.2 Å². The second-order valence-corrected chi connectivity index (χ2v) is 5.65. The Kier molecular flexibility index (Phi) is 2.88. The molecule has 3 aromatic rings. The van der Waals surface area contributed by atoms with E-state index in [1.54, 1.807) is 0 Å². The summed E-state index contributed by atoms with van der Waals surface area (Å²) in [5, 5.41) is 4.37. The van der Waals surface area contributed by atoms with Crippen LogP contribution in [0.3, 0.4) is 0 Å². The number of imidazole rings is 1. The fraction of sp³-hybridized carbons (Fsp3) is 0.294. The molecular formula is C17H18N4. The van der Waals surface area contributed by atoms with Crippen LogP contribution in [0.25, 0.3) is 5.69 Å². The van der Waals surface area contributed by atoms with Crippen LogP contribution in [0.4, 0.5) is 0 Å². The molecule has 1 aliphatic rings. The van der Waals surface area contributed by atoms with Crippen molar-refractivity contribution >= 4 is 0 Å². The van der Waals surface area contributed by atoms with Gasteiger partial charge in [-0.3, -0.25) is 0 Å². The summed E-state index contributed by atoms with van der Waals surface area (Å²) in [6.45, 7) is 2.23. The third-order valence-corrected chi connectivity index (χ3v) is 4.20. The van der Waals surface area contributed by atoms with Crippen LogP contribution in [0.1, 0.15) is 43.1 Å². The number of hydrogen-bond acceptors (Lipinski definition) is 2. The lowest BCUT2D eigenvalue weighted by atomic mass is 10.1. The monoisotopic (exact) mass is 278 g/mol. The van der Waals surface area contributed by atoms with Crippen molar-refractivity contribution in [2.45, 2.75) is 31.7 Å². The first-order valence-electron chi connectivity index (χ1n) is 7.46. The number of benzene rings is 1. The Balaban J connectivity index is 1.77. The van der Waals surface area contributed by atoms with Crippen LogP contribution in [0.15, 0.2) is 55.1 Å². The maximum absolute atomic E-state index is 4.56. The topological polar surface area (TPSA) is 35.6 Å². The van der Waals surface area contributed by atoms with Gasteiger partial charge >= 0.3 is 0 Å². The van der Waals surface area contributed by atoms with Crippen LogP contribution < -0.4 is 0 Å². The molecular weight excluding hydrogens is 260 g/mol. The Labute approximate surface area is 124 Å². The molecule has 4 rings (SSSR count). The molecule has 0 bridgehead atoms. The summed E-state index contributed by atoms with van der Waals surface area (Å²) in [6.07, 6.45) is 10.4. The van der Waals surface area contributed by atoms with E-state index in [2.05, 4.69) is 52.0 Å². The van der Waals surface area contributed by atoms with Gasteiger partial charge in [0.15, 0.2) is 0 Å². The quantitative estimate of drug-likeness (QED) is 0.731. The van der Waals surface area contributed by atoms with Crippen LogP contribution in [0.2, 0.25) is 0 Å². The standard InChI is InChI=1S/C17H18N4/c1-13(20-12-10-18-17(20)14-7-8-14)15-5-2-3-6-16(15)21-11-4-9-19-21/h2-6,9-14H,7-8H2,1H3. The Bertz CT molecular complexity index is 738. The van der Waals surface area contributed by atoms with Crippen molar-refractivity contribution in [1.82, 2.24) is 19.3 Å². The van der Waals surface area contributed by atoms with Gasteiger partial charge in [0, 0.05) is 36.3 Å². The zero-order valence-corrected chi connectivity index (χ0v) is 12.1. The average molecular weight is 278 g/mol. The van der Waals surface area contributed by atoms with Crippen LogP contribution in [0, 0.1) is 0 Å². The number of nitrogens with zero attached hydrogens (tertiary/aromatic N) is 4. The van der Waals surface area contributed by atoms with Crippen LogP contribution in [-0.2, 0) is 0 Å². The highest BCUT2D eigenvalue weighted by Gasteiger charge is 2.29. The fourth-order valence-corrected chi connectivity index (χ4v) is 2.92. The van der Waals surface area contributed by atoms with Gasteiger partial charge in [0.25, 0.3) is 0 Å². The number of aromatic nitrogens is 4. The predicted molar refractivity (Wildman–Crippen MR) is 81.6 cm³/mol. The lowest BCUT2D eigenvalue weighted by Crippen LogP contribution is -2.12. The zero-order chi connectivity index (χ0) is 14.2. The average Bonchev–Trinajstić information content (AvgIpc) is 3.05. The normalized spacial score (nSPS) is 16.0. The van der Waals surface area contributed by atoms with Crippen molar-refractivity contribution in [2.75, 3.05) is 0 Å². The molecule has 0 spiro atoms. The van der Waals surface area contributed by atoms with Crippen LogP contribution in [-0.4, -0.2) is 19.3 Å². The SMILES string of the molecule is CC(c1ccccc1-n1cccn1)n1ccnc1C1CC1. The summed E-state index contributed by atoms with van der Waals surface area (Å²) in [4.78, 5) is 4.56. The molecule has 1 fully saturated rings. The molecule has 1 unspecified atom stereocenters. The number of para-hydroxylation sites is 1. The molecule has 106 valence electrons. The molecule has 0 amide bonds. The number of rotatable bonds is 4. The lowest BCUT2D eigenvalue weighted by Gasteiger charge is -2.20. The van der Waals surface area contributed by atoms with Gasteiger partial charge in [-0.25, -0.2) is 9.67 Å². The van der Waals surface area contributed by atoms with Crippen molar-refractivity contribution in [3.05, 3.63) is 66.5 Å². The van der Waals surface area contributed by atoms with E-state index >= 15 is 0 Å². The van der Waals surface area contributed by atoms with Crippen molar-refractivity contribution < 1.29 is 0 Å². The minimum atomic E-state index is 0.253. The summed E-state index contributed by atoms with van der Waals surface area (Å²) in [7, 11) is 0. The van der Waals surface area contributed by atoms with Gasteiger partial charge in [0.2, 0.25) is 0 Å². The number of hydrogen-bond donors (Lipinski definition) is 0. The van der Waals surface area contributed by atoms with E-state index in [1.165, 1.54) is 24.2 Å². The summed E-state index contributed by atoms with van der Waals surface area (Å²) in [5.74, 6) is 1.87. The highest BCUT2D eigenvalue weighted by atomic mass is 15.3. The zero-order valence-electron chi connectivity index (χ0n) is 12.1. The molecule has 1 saturated carbocycles. The molecule has 0 radical (unpaired) electrons. The maximum Gasteiger partial charge on any atom is 0.112 e. The molecule has 4 nitrogen and oxygen atoms in total. The van der Waals surface area contributed by atoms with Crippen molar-refractivity contribution in [3.63, 3.8) is 0 Å². The first-order chi connectivity index (χ1) is 10.3. The van der Waals surface area contributed by atoms with E-state index in [-0.39, 0.29) is 6.04 Å². The fourth-order valence-electron chi connectivity index (χ4n) is 2.92. The van der Waals surface area contributed by atoms with Gasteiger partial charge in [-0.2, -0.15) is 5.10 Å². The van der Waals surface area contributed by atoms with Crippen molar-refractivity contribution in [1.29, 1.82) is 0 Å². The lowest BCUT2D eigenvalue weighted by molar-refractivity contribution is 0.597. The van der Waals surface area contributed by atoms with Crippen molar-refractivity contribution in [3.8, 4) is 5.69 Å². The van der Waals surface area contributed by atoms with Crippen LogP contribution >= 0.6 is 0 Å². The van der Waals surface area contributed by atoms with E-state index in [4.69, 9.17) is 0 Å². The van der Waals surface area contributed by atoms with Gasteiger partial charge in [-0.05, 0) is 31.9 Å². The largest absolute Gasteiger partial charge is 0.327 e. The van der Waals surface area contributed by atoms with Gasteiger partial charge in [0.05, 0.1) is 11.7 Å². The minimum Gasteiger partial charge on any atom is -0.327 e. The second-order valence-electron chi connectivity index (χ2n) is 5.65. The minimum absolute atomic E-state index is 0.253. The molecule has 0 saturated heterocycles. The first-order valence-corrected chi connectivity index (χ1v) is 7.46. The summed E-state index contributed by atoms with van der Waals surface area (Å²) in [5.41, 5.74) is 2.39. The molecule has 21 heavy (non-hydrogen) atoms. The van der Waals surface area contributed by atoms with E-state index in [0.717, 1.165) is 5.69 Å². The molecule has 0 N–H and O–H groups in total. The molecule has 1 atom stereocenters. The third-order valence-electron chi connectivity index (χ3n) is 4.20. The van der Waals surface area contributed by atoms with Gasteiger partial charge in [0.1, 0.15) is 5.82 Å². The van der Waals surface area contributed by atoms with E-state index in [1.807, 2.05) is 29.3 Å².